The molecular weight excluding hydrogens is 260 g/mol. The van der Waals surface area contributed by atoms with Crippen molar-refractivity contribution in [3.05, 3.63) is 43.0 Å². The summed E-state index contributed by atoms with van der Waals surface area (Å²) in [5.41, 5.74) is 0. The maximum atomic E-state index is 11.7. The van der Waals surface area contributed by atoms with Gasteiger partial charge in [0.15, 0.2) is 0 Å². The highest BCUT2D eigenvalue weighted by Crippen LogP contribution is 2.07. The molecule has 2 N–H and O–H groups in total. The topological polar surface area (TPSA) is 78.9 Å². The maximum absolute atomic E-state index is 11.7. The average Bonchev–Trinajstić information content (AvgIpc) is 2.43. The summed E-state index contributed by atoms with van der Waals surface area (Å²) in [6.07, 6.45) is 1.48. The molecule has 0 bridgehead atoms. The summed E-state index contributed by atoms with van der Waals surface area (Å²) in [5.74, 6) is -0.349. The summed E-state index contributed by atoms with van der Waals surface area (Å²) < 4.78 is 5.41. The van der Waals surface area contributed by atoms with Gasteiger partial charge in [0.1, 0.15) is 18.9 Å². The Labute approximate surface area is 117 Å². The van der Waals surface area contributed by atoms with Gasteiger partial charge in [0.2, 0.25) is 0 Å². The highest BCUT2D eigenvalue weighted by atomic mass is 16.5. The van der Waals surface area contributed by atoms with Gasteiger partial charge in [-0.05, 0) is 12.1 Å². The number of nitrogens with one attached hydrogen (secondary N) is 1. The van der Waals surface area contributed by atoms with Crippen LogP contribution in [0.1, 0.15) is 0 Å². The summed E-state index contributed by atoms with van der Waals surface area (Å²) in [5, 5.41) is 11.3. The molecule has 0 aliphatic rings. The van der Waals surface area contributed by atoms with Gasteiger partial charge in [-0.3, -0.25) is 4.79 Å². The van der Waals surface area contributed by atoms with E-state index in [0.717, 1.165) is 10.6 Å². The van der Waals surface area contributed by atoms with Gasteiger partial charge >= 0.3 is 12.0 Å². The zero-order valence-corrected chi connectivity index (χ0v) is 11.1. The van der Waals surface area contributed by atoms with Gasteiger partial charge in [-0.2, -0.15) is 0 Å². The molecule has 0 heterocycles. The zero-order valence-electron chi connectivity index (χ0n) is 11.1. The first-order valence-corrected chi connectivity index (χ1v) is 6.17. The lowest BCUT2D eigenvalue weighted by Crippen LogP contribution is -2.44. The van der Waals surface area contributed by atoms with E-state index in [1.54, 1.807) is 0 Å². The molecule has 108 valence electrons. The van der Waals surface area contributed by atoms with E-state index in [-0.39, 0.29) is 13.1 Å². The number of urea groups is 1. The van der Waals surface area contributed by atoms with Crippen LogP contribution in [0.3, 0.4) is 0 Å². The van der Waals surface area contributed by atoms with E-state index in [9.17, 15) is 9.59 Å². The summed E-state index contributed by atoms with van der Waals surface area (Å²) in [6, 6.07) is 8.77. The number of carbonyl (C=O) groups excluding carboxylic acids is 1. The maximum Gasteiger partial charge on any atom is 0.323 e. The molecular formula is C14H18N2O4. The van der Waals surface area contributed by atoms with Crippen LogP contribution in [0.25, 0.3) is 0 Å². The van der Waals surface area contributed by atoms with Crippen LogP contribution in [0.15, 0.2) is 43.0 Å². The predicted molar refractivity (Wildman–Crippen MR) is 74.7 cm³/mol. The van der Waals surface area contributed by atoms with Crippen molar-refractivity contribution in [3.8, 4) is 5.75 Å². The van der Waals surface area contributed by atoms with Crippen molar-refractivity contribution in [1.29, 1.82) is 0 Å². The fourth-order valence-electron chi connectivity index (χ4n) is 1.49. The molecule has 0 unspecified atom stereocenters. The van der Waals surface area contributed by atoms with Gasteiger partial charge in [0, 0.05) is 6.54 Å². The van der Waals surface area contributed by atoms with Crippen LogP contribution in [0.4, 0.5) is 4.79 Å². The number of aliphatic carboxylic acids is 1. The van der Waals surface area contributed by atoms with Gasteiger partial charge in [0.05, 0.1) is 6.54 Å². The van der Waals surface area contributed by atoms with Crippen LogP contribution in [-0.2, 0) is 4.79 Å². The Hall–Kier alpha value is -2.50. The second-order valence-corrected chi connectivity index (χ2v) is 3.96. The summed E-state index contributed by atoms with van der Waals surface area (Å²) in [4.78, 5) is 23.5. The Morgan fingerprint density at radius 1 is 1.35 bits per heavy atom. The molecule has 0 fully saturated rings. The van der Waals surface area contributed by atoms with Gasteiger partial charge in [-0.25, -0.2) is 4.79 Å². The van der Waals surface area contributed by atoms with Crippen molar-refractivity contribution in [3.63, 3.8) is 0 Å². The Bertz CT molecular complexity index is 448. The molecule has 0 aliphatic heterocycles. The molecule has 0 atom stereocenters. The zero-order chi connectivity index (χ0) is 14.8. The second kappa shape index (κ2) is 8.58. The molecule has 0 aliphatic carbocycles. The molecule has 2 amide bonds. The molecule has 6 heteroatoms. The Kier molecular flexibility index (Phi) is 6.67. The van der Waals surface area contributed by atoms with Crippen molar-refractivity contribution in [2.75, 3.05) is 26.2 Å². The number of ether oxygens (including phenoxy) is 1. The van der Waals surface area contributed by atoms with Crippen molar-refractivity contribution in [2.24, 2.45) is 0 Å². The van der Waals surface area contributed by atoms with E-state index in [2.05, 4.69) is 11.9 Å². The minimum Gasteiger partial charge on any atom is -0.492 e. The van der Waals surface area contributed by atoms with E-state index in [0.29, 0.717) is 13.2 Å². The first kappa shape index (κ1) is 15.6. The smallest absolute Gasteiger partial charge is 0.323 e. The normalized spacial score (nSPS) is 9.60. The number of hydrogen-bond acceptors (Lipinski definition) is 3. The number of amides is 2. The lowest BCUT2D eigenvalue weighted by atomic mass is 10.3. The molecule has 1 rings (SSSR count). The van der Waals surface area contributed by atoms with Crippen LogP contribution in [0.2, 0.25) is 0 Å². The standard InChI is InChI=1S/C14H18N2O4/c1-2-9-16(11-13(17)18)14(19)15-8-10-20-12-6-4-3-5-7-12/h2-7H,1,8-11H2,(H,15,19)(H,17,18). The van der Waals surface area contributed by atoms with Crippen LogP contribution >= 0.6 is 0 Å². The molecule has 0 saturated carbocycles. The lowest BCUT2D eigenvalue weighted by molar-refractivity contribution is -0.137. The molecule has 0 aromatic heterocycles. The third-order valence-electron chi connectivity index (χ3n) is 2.35. The highest BCUT2D eigenvalue weighted by Gasteiger charge is 2.14. The van der Waals surface area contributed by atoms with Gasteiger partial charge in [0.25, 0.3) is 0 Å². The quantitative estimate of drug-likeness (QED) is 0.555. The molecule has 6 nitrogen and oxygen atoms in total. The molecule has 0 spiro atoms. The number of carbonyl (C=O) groups is 2. The summed E-state index contributed by atoms with van der Waals surface area (Å²) in [6.45, 7) is 3.90. The van der Waals surface area contributed by atoms with E-state index in [1.165, 1.54) is 6.08 Å². The van der Waals surface area contributed by atoms with Crippen molar-refractivity contribution < 1.29 is 19.4 Å². The first-order chi connectivity index (χ1) is 9.63. The molecule has 0 saturated heterocycles. The Morgan fingerprint density at radius 2 is 2.05 bits per heavy atom. The van der Waals surface area contributed by atoms with Gasteiger partial charge in [-0.15, -0.1) is 6.58 Å². The summed E-state index contributed by atoms with van der Waals surface area (Å²) >= 11 is 0. The number of carboxylic acid groups (broad SMARTS) is 1. The first-order valence-electron chi connectivity index (χ1n) is 6.17. The van der Waals surface area contributed by atoms with Crippen LogP contribution in [0, 0.1) is 0 Å². The van der Waals surface area contributed by atoms with E-state index >= 15 is 0 Å². The van der Waals surface area contributed by atoms with Crippen molar-refractivity contribution in [2.45, 2.75) is 0 Å². The fraction of sp³-hybridized carbons (Fsp3) is 0.286. The molecule has 20 heavy (non-hydrogen) atoms. The third-order valence-corrected chi connectivity index (χ3v) is 2.35. The number of carboxylic acids is 1. The van der Waals surface area contributed by atoms with E-state index in [4.69, 9.17) is 9.84 Å². The minimum atomic E-state index is -1.07. The van der Waals surface area contributed by atoms with E-state index < -0.39 is 12.0 Å². The lowest BCUT2D eigenvalue weighted by Gasteiger charge is -2.19. The SMILES string of the molecule is C=CCN(CC(=O)O)C(=O)NCCOc1ccccc1. The number of benzene rings is 1. The second-order valence-electron chi connectivity index (χ2n) is 3.96. The van der Waals surface area contributed by atoms with Crippen molar-refractivity contribution >= 4 is 12.0 Å². The van der Waals surface area contributed by atoms with Crippen molar-refractivity contribution in [1.82, 2.24) is 10.2 Å². The van der Waals surface area contributed by atoms with Gasteiger partial charge < -0.3 is 20.1 Å². The number of para-hydroxylation sites is 1. The fourth-order valence-corrected chi connectivity index (χ4v) is 1.49. The number of nitrogens with zero attached hydrogens (tertiary/aromatic N) is 1. The number of hydrogen-bond donors (Lipinski definition) is 2. The van der Waals surface area contributed by atoms with E-state index in [1.807, 2.05) is 30.3 Å². The highest BCUT2D eigenvalue weighted by molar-refractivity contribution is 5.80. The van der Waals surface area contributed by atoms with Crippen LogP contribution in [-0.4, -0.2) is 48.2 Å². The number of rotatable bonds is 8. The summed E-state index contributed by atoms with van der Waals surface area (Å²) in [7, 11) is 0. The molecule has 0 radical (unpaired) electrons. The molecule has 1 aromatic rings. The molecule has 1 aromatic carbocycles. The third kappa shape index (κ3) is 5.90. The predicted octanol–water partition coefficient (Wildman–Crippen LogP) is 1.35. The minimum absolute atomic E-state index is 0.178. The van der Waals surface area contributed by atoms with Crippen LogP contribution in [0.5, 0.6) is 5.75 Å². The monoisotopic (exact) mass is 278 g/mol. The van der Waals surface area contributed by atoms with Gasteiger partial charge in [-0.1, -0.05) is 24.3 Å². The van der Waals surface area contributed by atoms with Crippen LogP contribution < -0.4 is 10.1 Å². The average molecular weight is 278 g/mol. The Morgan fingerprint density at radius 3 is 2.65 bits per heavy atom. The Balaban J connectivity index is 2.30. The largest absolute Gasteiger partial charge is 0.492 e.